The fourth-order valence-electron chi connectivity index (χ4n) is 5.68. The second-order valence-corrected chi connectivity index (χ2v) is 9.20. The van der Waals surface area contributed by atoms with Crippen molar-refractivity contribution in [3.8, 4) is 5.69 Å². The SMILES string of the molecule is O=C(N[C@@H]1CN2CCC1CC2)N1CCc2ccccc2[C@H]1c1ccc(-n2cnnc2)cc1. The maximum atomic E-state index is 13.6. The first-order valence-corrected chi connectivity index (χ1v) is 11.6. The minimum absolute atomic E-state index is 0.0612. The van der Waals surface area contributed by atoms with E-state index in [0.29, 0.717) is 5.92 Å². The Hall–Kier alpha value is -3.19. The van der Waals surface area contributed by atoms with Crippen LogP contribution in [0.2, 0.25) is 0 Å². The number of nitrogens with one attached hydrogen (secondary N) is 1. The summed E-state index contributed by atoms with van der Waals surface area (Å²) in [5, 5.41) is 11.2. The number of carbonyl (C=O) groups excluding carboxylic acids is 1. The highest BCUT2D eigenvalue weighted by Crippen LogP contribution is 2.36. The van der Waals surface area contributed by atoms with Crippen molar-refractivity contribution in [2.45, 2.75) is 31.3 Å². The van der Waals surface area contributed by atoms with Gasteiger partial charge < -0.3 is 15.1 Å². The van der Waals surface area contributed by atoms with E-state index in [1.807, 2.05) is 9.47 Å². The van der Waals surface area contributed by atoms with E-state index in [1.54, 1.807) is 12.7 Å². The van der Waals surface area contributed by atoms with Crippen molar-refractivity contribution in [3.63, 3.8) is 0 Å². The van der Waals surface area contributed by atoms with Crippen LogP contribution in [0, 0.1) is 5.92 Å². The lowest BCUT2D eigenvalue weighted by Crippen LogP contribution is -2.59. The summed E-state index contributed by atoms with van der Waals surface area (Å²) in [5.41, 5.74) is 4.68. The van der Waals surface area contributed by atoms with E-state index in [9.17, 15) is 4.79 Å². The standard InChI is InChI=1S/C25H28N6O/c32-25(28-23-15-29-12-9-19(23)10-13-29)31-14-11-18-3-1-2-4-22(18)24(31)20-5-7-21(8-6-20)30-16-26-27-17-30/h1-8,16-17,19,23-24H,9-15H2,(H,28,32)/t23-,24-/m1/s1. The van der Waals surface area contributed by atoms with E-state index in [-0.39, 0.29) is 18.1 Å². The Kier molecular flexibility index (Phi) is 4.91. The molecule has 7 heteroatoms. The Morgan fingerprint density at radius 1 is 0.938 bits per heavy atom. The molecule has 0 radical (unpaired) electrons. The van der Waals surface area contributed by atoms with Crippen LogP contribution in [0.5, 0.6) is 0 Å². The molecule has 2 amide bonds. The fraction of sp³-hybridized carbons (Fsp3) is 0.400. The van der Waals surface area contributed by atoms with Crippen molar-refractivity contribution in [2.24, 2.45) is 5.92 Å². The van der Waals surface area contributed by atoms with Crippen LogP contribution in [0.15, 0.2) is 61.2 Å². The molecule has 1 N–H and O–H groups in total. The molecule has 2 bridgehead atoms. The molecule has 1 aromatic heterocycles. The lowest BCUT2D eigenvalue weighted by atomic mass is 9.84. The van der Waals surface area contributed by atoms with Gasteiger partial charge in [0.2, 0.25) is 0 Å². The molecule has 3 saturated heterocycles. The summed E-state index contributed by atoms with van der Waals surface area (Å²) in [5.74, 6) is 0.613. The molecule has 0 aliphatic carbocycles. The van der Waals surface area contributed by atoms with Gasteiger partial charge >= 0.3 is 6.03 Å². The van der Waals surface area contributed by atoms with E-state index < -0.39 is 0 Å². The summed E-state index contributed by atoms with van der Waals surface area (Å²) in [4.78, 5) is 18.1. The number of nitrogens with zero attached hydrogens (tertiary/aromatic N) is 5. The zero-order valence-corrected chi connectivity index (χ0v) is 18.1. The largest absolute Gasteiger partial charge is 0.334 e. The summed E-state index contributed by atoms with van der Waals surface area (Å²) in [6, 6.07) is 17.1. The third-order valence-electron chi connectivity index (χ3n) is 7.44. The second-order valence-electron chi connectivity index (χ2n) is 9.20. The number of amides is 2. The number of hydrogen-bond donors (Lipinski definition) is 1. The van der Waals surface area contributed by atoms with Gasteiger partial charge in [-0.05, 0) is 67.1 Å². The van der Waals surface area contributed by atoms with Gasteiger partial charge in [0.05, 0.1) is 6.04 Å². The van der Waals surface area contributed by atoms with Crippen LogP contribution >= 0.6 is 0 Å². The minimum atomic E-state index is -0.0870. The third kappa shape index (κ3) is 3.46. The number of aromatic nitrogens is 3. The maximum Gasteiger partial charge on any atom is 0.318 e. The zero-order valence-electron chi connectivity index (χ0n) is 18.1. The number of benzene rings is 2. The number of hydrogen-bond acceptors (Lipinski definition) is 4. The first-order chi connectivity index (χ1) is 15.8. The highest BCUT2D eigenvalue weighted by Gasteiger charge is 2.38. The zero-order chi connectivity index (χ0) is 21.5. The molecule has 3 aromatic rings. The van der Waals surface area contributed by atoms with E-state index in [1.165, 1.54) is 37.1 Å². The molecule has 2 aromatic carbocycles. The topological polar surface area (TPSA) is 66.3 Å². The summed E-state index contributed by atoms with van der Waals surface area (Å²) in [6.07, 6.45) is 6.67. The highest BCUT2D eigenvalue weighted by molar-refractivity contribution is 5.76. The number of urea groups is 1. The first-order valence-electron chi connectivity index (χ1n) is 11.6. The van der Waals surface area contributed by atoms with Crippen LogP contribution in [0.25, 0.3) is 5.69 Å². The van der Waals surface area contributed by atoms with Crippen LogP contribution in [0.3, 0.4) is 0 Å². The second kappa shape index (κ2) is 8.06. The van der Waals surface area contributed by atoms with Gasteiger partial charge in [0.15, 0.2) is 0 Å². The van der Waals surface area contributed by atoms with Crippen LogP contribution in [0.1, 0.15) is 35.6 Å². The molecule has 7 nitrogen and oxygen atoms in total. The average Bonchev–Trinajstić information content (AvgIpc) is 3.39. The summed E-state index contributed by atoms with van der Waals surface area (Å²) in [7, 11) is 0. The number of carbonyl (C=O) groups is 1. The quantitative estimate of drug-likeness (QED) is 0.697. The number of fused-ring (bicyclic) bond motifs is 4. The number of piperidine rings is 3. The van der Waals surface area contributed by atoms with Crippen molar-refractivity contribution in [1.82, 2.24) is 29.9 Å². The molecule has 0 saturated carbocycles. The van der Waals surface area contributed by atoms with Crippen molar-refractivity contribution in [1.29, 1.82) is 0 Å². The Morgan fingerprint density at radius 3 is 2.41 bits per heavy atom. The van der Waals surface area contributed by atoms with Gasteiger partial charge in [-0.1, -0.05) is 36.4 Å². The van der Waals surface area contributed by atoms with E-state index in [0.717, 1.165) is 30.8 Å². The van der Waals surface area contributed by atoms with E-state index in [4.69, 9.17) is 0 Å². The Balaban J connectivity index is 1.30. The predicted octanol–water partition coefficient (Wildman–Crippen LogP) is 3.02. The minimum Gasteiger partial charge on any atom is -0.334 e. The van der Waals surface area contributed by atoms with Gasteiger partial charge in [-0.15, -0.1) is 10.2 Å². The maximum absolute atomic E-state index is 13.6. The van der Waals surface area contributed by atoms with Gasteiger partial charge in [-0.2, -0.15) is 0 Å². The normalized spacial score (nSPS) is 26.6. The summed E-state index contributed by atoms with van der Waals surface area (Å²) in [6.45, 7) is 4.06. The Morgan fingerprint density at radius 2 is 1.69 bits per heavy atom. The summed E-state index contributed by atoms with van der Waals surface area (Å²) < 4.78 is 1.89. The monoisotopic (exact) mass is 428 g/mol. The first kappa shape index (κ1) is 19.5. The van der Waals surface area contributed by atoms with Crippen LogP contribution < -0.4 is 5.32 Å². The lowest BCUT2D eigenvalue weighted by molar-refractivity contribution is 0.0715. The van der Waals surface area contributed by atoms with Gasteiger partial charge in [0.25, 0.3) is 0 Å². The van der Waals surface area contributed by atoms with Crippen LogP contribution in [0.4, 0.5) is 4.79 Å². The third-order valence-corrected chi connectivity index (χ3v) is 7.44. The van der Waals surface area contributed by atoms with E-state index in [2.05, 4.69) is 68.9 Å². The fourth-order valence-corrected chi connectivity index (χ4v) is 5.68. The van der Waals surface area contributed by atoms with Gasteiger partial charge in [0.1, 0.15) is 12.7 Å². The molecule has 2 atom stereocenters. The number of rotatable bonds is 3. The smallest absolute Gasteiger partial charge is 0.318 e. The van der Waals surface area contributed by atoms with E-state index >= 15 is 0 Å². The lowest BCUT2D eigenvalue weighted by Gasteiger charge is -2.46. The van der Waals surface area contributed by atoms with Crippen molar-refractivity contribution in [3.05, 3.63) is 77.9 Å². The molecule has 164 valence electrons. The molecule has 0 unspecified atom stereocenters. The van der Waals surface area contributed by atoms with Gasteiger partial charge in [-0.3, -0.25) is 4.57 Å². The molecule has 0 spiro atoms. The molecule has 4 aliphatic rings. The van der Waals surface area contributed by atoms with Crippen molar-refractivity contribution >= 4 is 6.03 Å². The Bertz CT molecular complexity index is 1090. The summed E-state index contributed by atoms with van der Waals surface area (Å²) >= 11 is 0. The molecule has 4 aliphatic heterocycles. The molecule has 5 heterocycles. The molecule has 7 rings (SSSR count). The van der Waals surface area contributed by atoms with Crippen LogP contribution in [-0.4, -0.2) is 62.8 Å². The van der Waals surface area contributed by atoms with Gasteiger partial charge in [0, 0.05) is 24.8 Å². The van der Waals surface area contributed by atoms with Gasteiger partial charge in [-0.25, -0.2) is 4.79 Å². The van der Waals surface area contributed by atoms with Crippen LogP contribution in [-0.2, 0) is 6.42 Å². The highest BCUT2D eigenvalue weighted by atomic mass is 16.2. The Labute approximate surface area is 188 Å². The molecular weight excluding hydrogens is 400 g/mol. The molecule has 3 fully saturated rings. The average molecular weight is 429 g/mol. The molecule has 32 heavy (non-hydrogen) atoms. The van der Waals surface area contributed by atoms with Crippen molar-refractivity contribution < 1.29 is 4.79 Å². The molecular formula is C25H28N6O. The van der Waals surface area contributed by atoms with Crippen molar-refractivity contribution in [2.75, 3.05) is 26.2 Å². The predicted molar refractivity (Wildman–Crippen MR) is 122 cm³/mol.